The Kier molecular flexibility index (Phi) is 6.06. The molecule has 0 saturated carbocycles. The number of hydrogen-bond donors (Lipinski definition) is 2. The van der Waals surface area contributed by atoms with Crippen molar-refractivity contribution in [2.24, 2.45) is 0 Å². The molecular weight excluding hydrogens is 248 g/mol. The Hall–Kier alpha value is -1.84. The summed E-state index contributed by atoms with van der Waals surface area (Å²) in [5, 5.41) is 18.1. The lowest BCUT2D eigenvalue weighted by Crippen LogP contribution is -2.41. The van der Waals surface area contributed by atoms with E-state index in [9.17, 15) is 14.7 Å². The van der Waals surface area contributed by atoms with Crippen LogP contribution in [0.4, 0.5) is 0 Å². The van der Waals surface area contributed by atoms with Crippen LogP contribution in [0.2, 0.25) is 0 Å². The molecule has 1 aromatic heterocycles. The quantitative estimate of drug-likeness (QED) is 0.498. The van der Waals surface area contributed by atoms with Crippen molar-refractivity contribution >= 4 is 0 Å². The number of nitrogens with zero attached hydrogens (tertiary/aromatic N) is 2. The Morgan fingerprint density at radius 3 is 2.74 bits per heavy atom. The second-order valence-electron chi connectivity index (χ2n) is 4.24. The van der Waals surface area contributed by atoms with Crippen LogP contribution in [0.5, 0.6) is 0 Å². The summed E-state index contributed by atoms with van der Waals surface area (Å²) in [6, 6.07) is 1.27. The van der Waals surface area contributed by atoms with Gasteiger partial charge in [-0.25, -0.2) is 4.79 Å². The van der Waals surface area contributed by atoms with Gasteiger partial charge in [0.05, 0.1) is 19.3 Å². The monoisotopic (exact) mass is 266 g/mol. The van der Waals surface area contributed by atoms with E-state index in [0.29, 0.717) is 19.4 Å². The molecule has 0 aliphatic rings. The Morgan fingerprint density at radius 1 is 1.37 bits per heavy atom. The third kappa shape index (κ3) is 4.39. The zero-order chi connectivity index (χ0) is 14.3. The minimum atomic E-state index is -1.02. The molecule has 6 heteroatoms. The van der Waals surface area contributed by atoms with E-state index in [1.807, 2.05) is 0 Å². The van der Waals surface area contributed by atoms with E-state index in [0.717, 1.165) is 11.0 Å². The van der Waals surface area contributed by atoms with Crippen molar-refractivity contribution in [3.63, 3.8) is 0 Å². The molecule has 0 saturated heterocycles. The van der Waals surface area contributed by atoms with Crippen molar-refractivity contribution < 1.29 is 10.2 Å². The van der Waals surface area contributed by atoms with Crippen LogP contribution >= 0.6 is 0 Å². The summed E-state index contributed by atoms with van der Waals surface area (Å²) < 4.78 is 2.32. The predicted molar refractivity (Wildman–Crippen MR) is 70.7 cm³/mol. The molecule has 1 heterocycles. The number of unbranched alkanes of at least 4 members (excludes halogenated alkanes) is 2. The van der Waals surface area contributed by atoms with E-state index in [2.05, 4.69) is 5.92 Å². The molecule has 0 aromatic carbocycles. The molecule has 1 rings (SSSR count). The van der Waals surface area contributed by atoms with Crippen molar-refractivity contribution in [3.8, 4) is 12.3 Å². The Labute approximate surface area is 110 Å². The number of hydrogen-bond acceptors (Lipinski definition) is 4. The molecule has 19 heavy (non-hydrogen) atoms. The minimum Gasteiger partial charge on any atom is -0.394 e. The molecule has 0 radical (unpaired) electrons. The van der Waals surface area contributed by atoms with Gasteiger partial charge in [-0.2, -0.15) is 0 Å². The average Bonchev–Trinajstić information content (AvgIpc) is 2.41. The topological polar surface area (TPSA) is 84.5 Å². The molecule has 0 aliphatic carbocycles. The highest BCUT2D eigenvalue weighted by molar-refractivity contribution is 4.87. The lowest BCUT2D eigenvalue weighted by atomic mass is 10.2. The number of aromatic nitrogens is 2. The lowest BCUT2D eigenvalue weighted by Gasteiger charge is -2.12. The minimum absolute atomic E-state index is 0.0417. The van der Waals surface area contributed by atoms with Crippen LogP contribution < -0.4 is 11.2 Å². The molecule has 104 valence electrons. The summed E-state index contributed by atoms with van der Waals surface area (Å²) in [4.78, 5) is 23.6. The first-order chi connectivity index (χ1) is 9.10. The van der Waals surface area contributed by atoms with Gasteiger partial charge in [0.25, 0.3) is 5.56 Å². The van der Waals surface area contributed by atoms with Crippen LogP contribution in [-0.2, 0) is 13.1 Å². The van der Waals surface area contributed by atoms with E-state index >= 15 is 0 Å². The third-order valence-electron chi connectivity index (χ3n) is 2.71. The molecule has 0 bridgehead atoms. The van der Waals surface area contributed by atoms with Gasteiger partial charge in [0, 0.05) is 25.2 Å². The first kappa shape index (κ1) is 15.2. The highest BCUT2D eigenvalue weighted by atomic mass is 16.3. The fraction of sp³-hybridized carbons (Fsp3) is 0.538. The maximum atomic E-state index is 12.0. The first-order valence-corrected chi connectivity index (χ1v) is 6.12. The Balaban J connectivity index is 2.86. The van der Waals surface area contributed by atoms with Crippen molar-refractivity contribution in [2.45, 2.75) is 38.5 Å². The van der Waals surface area contributed by atoms with Gasteiger partial charge in [0.2, 0.25) is 0 Å². The van der Waals surface area contributed by atoms with Crippen LogP contribution in [0, 0.1) is 12.3 Å². The molecule has 6 nitrogen and oxygen atoms in total. The summed E-state index contributed by atoms with van der Waals surface area (Å²) >= 11 is 0. The summed E-state index contributed by atoms with van der Waals surface area (Å²) in [6.45, 7) is -0.177. The van der Waals surface area contributed by atoms with Crippen LogP contribution in [0.3, 0.4) is 0 Å². The molecule has 0 amide bonds. The summed E-state index contributed by atoms with van der Waals surface area (Å²) in [5.74, 6) is 2.50. The largest absolute Gasteiger partial charge is 0.394 e. The number of aliphatic hydroxyl groups excluding tert-OH is 2. The predicted octanol–water partition coefficient (Wildman–Crippen LogP) is -0.833. The van der Waals surface area contributed by atoms with Crippen molar-refractivity contribution in [1.82, 2.24) is 9.13 Å². The van der Waals surface area contributed by atoms with E-state index < -0.39 is 18.4 Å². The third-order valence-corrected chi connectivity index (χ3v) is 2.71. The zero-order valence-corrected chi connectivity index (χ0v) is 10.7. The summed E-state index contributed by atoms with van der Waals surface area (Å²) in [7, 11) is 0. The van der Waals surface area contributed by atoms with Crippen molar-refractivity contribution in [2.75, 3.05) is 6.61 Å². The highest BCUT2D eigenvalue weighted by Gasteiger charge is 2.08. The summed E-state index contributed by atoms with van der Waals surface area (Å²) in [5.41, 5.74) is -0.860. The normalized spacial score (nSPS) is 12.1. The molecule has 2 N–H and O–H groups in total. The first-order valence-electron chi connectivity index (χ1n) is 6.12. The standard InChI is InChI=1S/C13H18N2O4/c1-2-3-4-5-7-15-12(18)6-8-14(13(15)19)9-11(17)10-16/h1,6,8,11,16-17H,3-5,7,9-10H2. The van der Waals surface area contributed by atoms with Gasteiger partial charge in [0.15, 0.2) is 0 Å². The molecule has 1 atom stereocenters. The van der Waals surface area contributed by atoms with Crippen LogP contribution in [0.15, 0.2) is 21.9 Å². The second-order valence-corrected chi connectivity index (χ2v) is 4.24. The smallest absolute Gasteiger partial charge is 0.331 e. The van der Waals surface area contributed by atoms with Gasteiger partial charge < -0.3 is 10.2 Å². The Bertz CT molecular complexity index is 553. The lowest BCUT2D eigenvalue weighted by molar-refractivity contribution is 0.0796. The van der Waals surface area contributed by atoms with Gasteiger partial charge in [-0.15, -0.1) is 12.3 Å². The van der Waals surface area contributed by atoms with E-state index in [1.165, 1.54) is 16.8 Å². The SMILES string of the molecule is C#CCCCCn1c(=O)ccn(CC(O)CO)c1=O. The van der Waals surface area contributed by atoms with Gasteiger partial charge in [-0.3, -0.25) is 13.9 Å². The molecule has 0 aliphatic heterocycles. The summed E-state index contributed by atoms with van der Waals surface area (Å²) in [6.07, 6.45) is 7.43. The highest BCUT2D eigenvalue weighted by Crippen LogP contribution is 1.95. The second kappa shape index (κ2) is 7.56. The van der Waals surface area contributed by atoms with E-state index in [1.54, 1.807) is 0 Å². The zero-order valence-electron chi connectivity index (χ0n) is 10.7. The van der Waals surface area contributed by atoms with Crippen molar-refractivity contribution in [3.05, 3.63) is 33.1 Å². The molecule has 1 aromatic rings. The Morgan fingerprint density at radius 2 is 2.11 bits per heavy atom. The molecular formula is C13H18N2O4. The fourth-order valence-electron chi connectivity index (χ4n) is 1.68. The van der Waals surface area contributed by atoms with Gasteiger partial charge in [-0.1, -0.05) is 0 Å². The van der Waals surface area contributed by atoms with Crippen LogP contribution in [0.25, 0.3) is 0 Å². The maximum absolute atomic E-state index is 12.0. The number of aliphatic hydroxyl groups is 2. The maximum Gasteiger partial charge on any atom is 0.331 e. The fourth-order valence-corrected chi connectivity index (χ4v) is 1.68. The molecule has 0 spiro atoms. The molecule has 0 fully saturated rings. The van der Waals surface area contributed by atoms with Crippen molar-refractivity contribution in [1.29, 1.82) is 0 Å². The number of terminal acetylenes is 1. The van der Waals surface area contributed by atoms with Gasteiger partial charge >= 0.3 is 5.69 Å². The van der Waals surface area contributed by atoms with E-state index in [4.69, 9.17) is 11.5 Å². The number of rotatable bonds is 7. The van der Waals surface area contributed by atoms with Crippen LogP contribution in [-0.4, -0.2) is 32.1 Å². The van der Waals surface area contributed by atoms with Gasteiger partial charge in [0.1, 0.15) is 0 Å². The van der Waals surface area contributed by atoms with E-state index in [-0.39, 0.29) is 12.1 Å². The average molecular weight is 266 g/mol. The van der Waals surface area contributed by atoms with Gasteiger partial charge in [-0.05, 0) is 12.8 Å². The van der Waals surface area contributed by atoms with Crippen LogP contribution in [0.1, 0.15) is 19.3 Å². The molecule has 1 unspecified atom stereocenters.